The van der Waals surface area contributed by atoms with Crippen molar-refractivity contribution < 1.29 is 27.6 Å². The molecule has 1 aliphatic rings. The van der Waals surface area contributed by atoms with Gasteiger partial charge in [-0.05, 0) is 31.2 Å². The molecular formula is C27H24F3N5O3. The second kappa shape index (κ2) is 10.4. The second-order valence-corrected chi connectivity index (χ2v) is 9.13. The SMILES string of the molecule is CN(CCN1C(=O)N(c2c(F)cc(C#Cc3ccccc3F)cc2F)C(=O)CC1(C)C=O)c1cnn(C)c1. The van der Waals surface area contributed by atoms with Crippen LogP contribution >= 0.6 is 0 Å². The van der Waals surface area contributed by atoms with E-state index < -0.39 is 47.0 Å². The van der Waals surface area contributed by atoms with Gasteiger partial charge in [-0.1, -0.05) is 24.0 Å². The van der Waals surface area contributed by atoms with Gasteiger partial charge in [0, 0.05) is 38.9 Å². The number of hydrogen-bond donors (Lipinski definition) is 0. The molecule has 1 fully saturated rings. The third kappa shape index (κ3) is 5.11. The zero-order chi connectivity index (χ0) is 27.6. The Morgan fingerprint density at radius 1 is 1.11 bits per heavy atom. The van der Waals surface area contributed by atoms with Crippen LogP contribution in [0.15, 0.2) is 48.8 Å². The van der Waals surface area contributed by atoms with Crippen molar-refractivity contribution in [3.05, 3.63) is 77.4 Å². The number of amides is 3. The lowest BCUT2D eigenvalue weighted by molar-refractivity contribution is -0.128. The van der Waals surface area contributed by atoms with Gasteiger partial charge in [0.05, 0.1) is 23.9 Å². The number of carbonyl (C=O) groups is 3. The van der Waals surface area contributed by atoms with Crippen LogP contribution in [0.25, 0.3) is 0 Å². The molecule has 1 saturated heterocycles. The fourth-order valence-electron chi connectivity index (χ4n) is 4.14. The van der Waals surface area contributed by atoms with E-state index in [1.807, 2.05) is 0 Å². The summed E-state index contributed by atoms with van der Waals surface area (Å²) in [6, 6.07) is 6.36. The van der Waals surface area contributed by atoms with Crippen molar-refractivity contribution in [3.63, 3.8) is 0 Å². The first-order valence-electron chi connectivity index (χ1n) is 11.6. The first-order chi connectivity index (χ1) is 18.0. The Hall–Kier alpha value is -4.59. The standard InChI is InChI=1S/C27H24F3N5O3/c1-27(17-36)14-24(37)35(26(38)34(27)11-10-32(2)20-15-31-33(3)16-20)25-22(29)12-18(13-23(25)30)8-9-19-6-4-5-7-21(19)28/h4-7,12-13,15-17H,10-11,14H2,1-3H3. The fourth-order valence-corrected chi connectivity index (χ4v) is 4.14. The van der Waals surface area contributed by atoms with Crippen LogP contribution in [0.3, 0.4) is 0 Å². The highest BCUT2D eigenvalue weighted by Gasteiger charge is 2.48. The van der Waals surface area contributed by atoms with Crippen molar-refractivity contribution in [3.8, 4) is 11.8 Å². The average Bonchev–Trinajstić information content (AvgIpc) is 3.31. The van der Waals surface area contributed by atoms with E-state index in [1.165, 1.54) is 25.1 Å². The fraction of sp³-hybridized carbons (Fsp3) is 0.259. The van der Waals surface area contributed by atoms with Crippen LogP contribution < -0.4 is 9.80 Å². The van der Waals surface area contributed by atoms with Gasteiger partial charge >= 0.3 is 6.03 Å². The van der Waals surface area contributed by atoms with Crippen LogP contribution in [0.5, 0.6) is 0 Å². The third-order valence-corrected chi connectivity index (χ3v) is 6.30. The lowest BCUT2D eigenvalue weighted by Gasteiger charge is -2.44. The van der Waals surface area contributed by atoms with E-state index in [0.29, 0.717) is 11.2 Å². The maximum absolute atomic E-state index is 15.2. The first kappa shape index (κ1) is 26.5. The van der Waals surface area contributed by atoms with Gasteiger partial charge < -0.3 is 14.6 Å². The number of carbonyl (C=O) groups excluding carboxylic acids is 3. The van der Waals surface area contributed by atoms with Crippen molar-refractivity contribution in [1.29, 1.82) is 0 Å². The van der Waals surface area contributed by atoms with Gasteiger partial charge in [-0.15, -0.1) is 0 Å². The van der Waals surface area contributed by atoms with Crippen LogP contribution in [0.1, 0.15) is 24.5 Å². The van der Waals surface area contributed by atoms with E-state index in [0.717, 1.165) is 22.7 Å². The van der Waals surface area contributed by atoms with E-state index in [2.05, 4.69) is 16.9 Å². The number of halogens is 3. The molecule has 4 rings (SSSR count). The Labute approximate surface area is 217 Å². The Morgan fingerprint density at radius 3 is 2.39 bits per heavy atom. The number of likely N-dealkylation sites (N-methyl/N-ethyl adjacent to an activating group) is 1. The second-order valence-electron chi connectivity index (χ2n) is 9.13. The molecule has 11 heteroatoms. The predicted octanol–water partition coefficient (Wildman–Crippen LogP) is 3.49. The van der Waals surface area contributed by atoms with E-state index in [-0.39, 0.29) is 24.2 Å². The van der Waals surface area contributed by atoms with Gasteiger partial charge in [-0.2, -0.15) is 5.10 Å². The van der Waals surface area contributed by atoms with Crippen LogP contribution in [-0.2, 0) is 16.6 Å². The summed E-state index contributed by atoms with van der Waals surface area (Å²) in [5.74, 6) is 1.07. The monoisotopic (exact) mass is 523 g/mol. The van der Waals surface area contributed by atoms with Crippen molar-refractivity contribution in [1.82, 2.24) is 14.7 Å². The Kier molecular flexibility index (Phi) is 7.26. The predicted molar refractivity (Wildman–Crippen MR) is 134 cm³/mol. The van der Waals surface area contributed by atoms with Gasteiger partial charge in [-0.25, -0.2) is 22.9 Å². The summed E-state index contributed by atoms with van der Waals surface area (Å²) in [5.41, 5.74) is -1.69. The molecular weight excluding hydrogens is 499 g/mol. The molecule has 1 aliphatic heterocycles. The number of hydrogen-bond acceptors (Lipinski definition) is 5. The smallest absolute Gasteiger partial charge is 0.332 e. The Bertz CT molecular complexity index is 1450. The van der Waals surface area contributed by atoms with Crippen molar-refractivity contribution in [2.45, 2.75) is 18.9 Å². The Morgan fingerprint density at radius 2 is 1.79 bits per heavy atom. The van der Waals surface area contributed by atoms with E-state index in [4.69, 9.17) is 0 Å². The largest absolute Gasteiger partial charge is 0.370 e. The van der Waals surface area contributed by atoms with E-state index in [1.54, 1.807) is 42.1 Å². The summed E-state index contributed by atoms with van der Waals surface area (Å²) in [6.45, 7) is 1.66. The molecule has 0 spiro atoms. The molecule has 196 valence electrons. The molecule has 0 N–H and O–H groups in total. The van der Waals surface area contributed by atoms with Crippen molar-refractivity contribution in [2.75, 3.05) is 29.9 Å². The summed E-state index contributed by atoms with van der Waals surface area (Å²) < 4.78 is 45.7. The minimum Gasteiger partial charge on any atom is -0.370 e. The molecule has 0 bridgehead atoms. The van der Waals surface area contributed by atoms with Crippen LogP contribution in [0.4, 0.5) is 29.3 Å². The van der Waals surface area contributed by atoms with E-state index in [9.17, 15) is 18.8 Å². The number of aldehydes is 1. The lowest BCUT2D eigenvalue weighted by atomic mass is 9.93. The van der Waals surface area contributed by atoms with Crippen LogP contribution in [0.2, 0.25) is 0 Å². The van der Waals surface area contributed by atoms with Crippen LogP contribution in [0, 0.1) is 29.3 Å². The number of urea groups is 1. The normalized spacial score (nSPS) is 17.3. The molecule has 1 unspecified atom stereocenters. The highest BCUT2D eigenvalue weighted by molar-refractivity contribution is 6.18. The van der Waals surface area contributed by atoms with E-state index >= 15 is 8.78 Å². The maximum atomic E-state index is 15.2. The number of benzene rings is 2. The minimum absolute atomic E-state index is 0.0152. The lowest BCUT2D eigenvalue weighted by Crippen LogP contribution is -2.65. The Balaban J connectivity index is 1.62. The highest BCUT2D eigenvalue weighted by atomic mass is 19.1. The van der Waals surface area contributed by atoms with Crippen molar-refractivity contribution >= 4 is 29.6 Å². The summed E-state index contributed by atoms with van der Waals surface area (Å²) in [4.78, 5) is 41.6. The maximum Gasteiger partial charge on any atom is 0.332 e. The van der Waals surface area contributed by atoms with Gasteiger partial charge in [0.2, 0.25) is 5.91 Å². The number of nitrogens with zero attached hydrogens (tertiary/aromatic N) is 5. The molecule has 2 aromatic carbocycles. The zero-order valence-corrected chi connectivity index (χ0v) is 20.9. The quantitative estimate of drug-likeness (QED) is 0.365. The minimum atomic E-state index is -1.50. The summed E-state index contributed by atoms with van der Waals surface area (Å²) in [5, 5.41) is 4.09. The van der Waals surface area contributed by atoms with Gasteiger partial charge in [-0.3, -0.25) is 9.48 Å². The number of imide groups is 1. The number of aromatic nitrogens is 2. The zero-order valence-electron chi connectivity index (χ0n) is 20.9. The molecule has 8 nitrogen and oxygen atoms in total. The molecule has 0 saturated carbocycles. The molecule has 3 amide bonds. The van der Waals surface area contributed by atoms with Crippen LogP contribution in [-0.4, -0.2) is 58.6 Å². The first-order valence-corrected chi connectivity index (χ1v) is 11.6. The molecule has 1 aromatic heterocycles. The van der Waals surface area contributed by atoms with Gasteiger partial charge in [0.1, 0.15) is 23.3 Å². The third-order valence-electron chi connectivity index (χ3n) is 6.30. The van der Waals surface area contributed by atoms with Gasteiger partial charge in [0.15, 0.2) is 11.6 Å². The molecule has 2 heterocycles. The summed E-state index contributed by atoms with van der Waals surface area (Å²) >= 11 is 0. The summed E-state index contributed by atoms with van der Waals surface area (Å²) in [7, 11) is 3.51. The molecule has 0 radical (unpaired) electrons. The molecule has 0 aliphatic carbocycles. The van der Waals surface area contributed by atoms with Crippen molar-refractivity contribution in [2.24, 2.45) is 7.05 Å². The highest BCUT2D eigenvalue weighted by Crippen LogP contribution is 2.33. The molecule has 38 heavy (non-hydrogen) atoms. The number of anilines is 2. The average molecular weight is 524 g/mol. The number of aryl methyl sites for hydroxylation is 1. The topological polar surface area (TPSA) is 78.8 Å². The molecule has 3 aromatic rings. The van der Waals surface area contributed by atoms with Gasteiger partial charge in [0.25, 0.3) is 0 Å². The molecule has 1 atom stereocenters. The number of rotatable bonds is 6. The summed E-state index contributed by atoms with van der Waals surface area (Å²) in [6.07, 6.45) is 3.40.